The topological polar surface area (TPSA) is 80.1 Å². The number of carbonyl (C=O) groups excluding carboxylic acids is 2. The third-order valence-electron chi connectivity index (χ3n) is 6.40. The van der Waals surface area contributed by atoms with E-state index in [2.05, 4.69) is 16.4 Å². The maximum atomic E-state index is 12.3. The smallest absolute Gasteiger partial charge is 0.220 e. The van der Waals surface area contributed by atoms with Crippen LogP contribution in [-0.2, 0) is 16.1 Å². The third-order valence-corrected chi connectivity index (χ3v) is 6.40. The molecule has 1 atom stereocenters. The Bertz CT molecular complexity index is 871. The Morgan fingerprint density at radius 3 is 2.79 bits per heavy atom. The molecule has 0 bridgehead atoms. The van der Waals surface area contributed by atoms with Gasteiger partial charge in [-0.3, -0.25) is 9.59 Å². The Kier molecular flexibility index (Phi) is 6.11. The minimum atomic E-state index is 0.120. The summed E-state index contributed by atoms with van der Waals surface area (Å²) in [4.78, 5) is 30.4. The molecule has 4 rings (SSSR count). The van der Waals surface area contributed by atoms with E-state index in [0.29, 0.717) is 32.0 Å². The van der Waals surface area contributed by atoms with Gasteiger partial charge in [-0.1, -0.05) is 19.3 Å². The first-order valence-corrected chi connectivity index (χ1v) is 11.0. The number of hydrogen-bond acceptors (Lipinski definition) is 4. The molecule has 1 aliphatic carbocycles. The minimum Gasteiger partial charge on any atom is -0.354 e. The molecule has 3 heterocycles. The molecule has 29 heavy (non-hydrogen) atoms. The lowest BCUT2D eigenvalue weighted by atomic mass is 9.87. The molecule has 1 saturated heterocycles. The summed E-state index contributed by atoms with van der Waals surface area (Å²) >= 11 is 0. The first-order valence-electron chi connectivity index (χ1n) is 11.0. The standard InChI is InChI=1S/C22H31N5O2/c1-16(28)26-12-9-18(15-26)21-19-8-5-10-24-22(19)27(25-21)13-11-23-20(29)14-17-6-3-2-4-7-17/h5,8,10,17-18H,2-4,6-7,9,11-15H2,1H3,(H,23,29)/t18-/m1/s1. The summed E-state index contributed by atoms with van der Waals surface area (Å²) in [6.45, 7) is 4.28. The molecule has 0 unspecified atom stereocenters. The summed E-state index contributed by atoms with van der Waals surface area (Å²) in [7, 11) is 0. The predicted octanol–water partition coefficient (Wildman–Crippen LogP) is 2.85. The second-order valence-corrected chi connectivity index (χ2v) is 8.49. The van der Waals surface area contributed by atoms with E-state index >= 15 is 0 Å². The second kappa shape index (κ2) is 8.93. The van der Waals surface area contributed by atoms with Crippen LogP contribution in [0.2, 0.25) is 0 Å². The van der Waals surface area contributed by atoms with Crippen molar-refractivity contribution in [2.24, 2.45) is 5.92 Å². The third kappa shape index (κ3) is 4.60. The number of aromatic nitrogens is 3. The summed E-state index contributed by atoms with van der Waals surface area (Å²) in [6.07, 6.45) is 9.55. The maximum absolute atomic E-state index is 12.3. The van der Waals surface area contributed by atoms with Crippen LogP contribution >= 0.6 is 0 Å². The van der Waals surface area contributed by atoms with Crippen molar-refractivity contribution in [3.8, 4) is 0 Å². The van der Waals surface area contributed by atoms with Crippen LogP contribution in [0.5, 0.6) is 0 Å². The zero-order chi connectivity index (χ0) is 20.2. The highest BCUT2D eigenvalue weighted by Gasteiger charge is 2.29. The molecule has 2 aliphatic rings. The van der Waals surface area contributed by atoms with Crippen LogP contribution in [0.25, 0.3) is 11.0 Å². The molecule has 7 nitrogen and oxygen atoms in total. The fourth-order valence-corrected chi connectivity index (χ4v) is 4.79. The summed E-state index contributed by atoms with van der Waals surface area (Å²) < 4.78 is 1.90. The van der Waals surface area contributed by atoms with Crippen LogP contribution in [0.4, 0.5) is 0 Å². The van der Waals surface area contributed by atoms with E-state index in [4.69, 9.17) is 5.10 Å². The van der Waals surface area contributed by atoms with Crippen molar-refractivity contribution < 1.29 is 9.59 Å². The van der Waals surface area contributed by atoms with Gasteiger partial charge in [-0.2, -0.15) is 5.10 Å². The van der Waals surface area contributed by atoms with Gasteiger partial charge in [-0.05, 0) is 37.3 Å². The van der Waals surface area contributed by atoms with Crippen molar-refractivity contribution in [3.05, 3.63) is 24.0 Å². The van der Waals surface area contributed by atoms with Gasteiger partial charge in [-0.15, -0.1) is 0 Å². The first-order chi connectivity index (χ1) is 14.1. The molecule has 2 aromatic rings. The van der Waals surface area contributed by atoms with Gasteiger partial charge in [0.15, 0.2) is 5.65 Å². The highest BCUT2D eigenvalue weighted by molar-refractivity contribution is 5.79. The van der Waals surface area contributed by atoms with Gasteiger partial charge in [0.05, 0.1) is 12.2 Å². The van der Waals surface area contributed by atoms with Crippen LogP contribution < -0.4 is 5.32 Å². The van der Waals surface area contributed by atoms with Crippen molar-refractivity contribution in [1.82, 2.24) is 25.0 Å². The van der Waals surface area contributed by atoms with Gasteiger partial charge in [-0.25, -0.2) is 9.67 Å². The summed E-state index contributed by atoms with van der Waals surface area (Å²) in [5, 5.41) is 8.96. The normalized spacial score (nSPS) is 20.3. The lowest BCUT2D eigenvalue weighted by Gasteiger charge is -2.20. The molecule has 7 heteroatoms. The van der Waals surface area contributed by atoms with E-state index in [-0.39, 0.29) is 17.7 Å². The van der Waals surface area contributed by atoms with Crippen molar-refractivity contribution in [2.45, 2.75) is 64.3 Å². The number of fused-ring (bicyclic) bond motifs is 1. The number of rotatable bonds is 6. The molecule has 2 aromatic heterocycles. The number of nitrogens with zero attached hydrogens (tertiary/aromatic N) is 4. The molecule has 1 N–H and O–H groups in total. The Morgan fingerprint density at radius 1 is 1.21 bits per heavy atom. The van der Waals surface area contributed by atoms with E-state index in [9.17, 15) is 9.59 Å². The average Bonchev–Trinajstić information content (AvgIpc) is 3.34. The number of amides is 2. The molecular weight excluding hydrogens is 366 g/mol. The van der Waals surface area contributed by atoms with Gasteiger partial charge in [0.1, 0.15) is 0 Å². The lowest BCUT2D eigenvalue weighted by molar-refractivity contribution is -0.127. The largest absolute Gasteiger partial charge is 0.354 e. The summed E-state index contributed by atoms with van der Waals surface area (Å²) in [5.41, 5.74) is 1.87. The van der Waals surface area contributed by atoms with Gasteiger partial charge in [0.25, 0.3) is 0 Å². The zero-order valence-corrected chi connectivity index (χ0v) is 17.3. The predicted molar refractivity (Wildman–Crippen MR) is 111 cm³/mol. The lowest BCUT2D eigenvalue weighted by Crippen LogP contribution is -2.29. The highest BCUT2D eigenvalue weighted by atomic mass is 16.2. The zero-order valence-electron chi connectivity index (χ0n) is 17.3. The summed E-state index contributed by atoms with van der Waals surface area (Å²) in [5.74, 6) is 1.06. The van der Waals surface area contributed by atoms with Crippen LogP contribution in [0.15, 0.2) is 18.3 Å². The Hall–Kier alpha value is -2.44. The van der Waals surface area contributed by atoms with Crippen LogP contribution in [0.1, 0.15) is 63.5 Å². The maximum Gasteiger partial charge on any atom is 0.220 e. The van der Waals surface area contributed by atoms with E-state index in [1.807, 2.05) is 15.6 Å². The van der Waals surface area contributed by atoms with Gasteiger partial charge < -0.3 is 10.2 Å². The fraction of sp³-hybridized carbons (Fsp3) is 0.636. The quantitative estimate of drug-likeness (QED) is 0.813. The molecule has 2 fully saturated rings. The SMILES string of the molecule is CC(=O)N1CC[C@@H](c2nn(CCNC(=O)CC3CCCCC3)c3ncccc23)C1. The van der Waals surface area contributed by atoms with Gasteiger partial charge in [0.2, 0.25) is 11.8 Å². The molecule has 0 spiro atoms. The van der Waals surface area contributed by atoms with E-state index < -0.39 is 0 Å². The monoisotopic (exact) mass is 397 g/mol. The first kappa shape index (κ1) is 19.9. The Labute approximate surface area is 171 Å². The van der Waals surface area contributed by atoms with Crippen molar-refractivity contribution in [3.63, 3.8) is 0 Å². The van der Waals surface area contributed by atoms with Crippen molar-refractivity contribution >= 4 is 22.8 Å². The highest BCUT2D eigenvalue weighted by Crippen LogP contribution is 2.31. The molecule has 0 aromatic carbocycles. The van der Waals surface area contributed by atoms with E-state index in [1.165, 1.54) is 32.1 Å². The number of pyridine rings is 1. The van der Waals surface area contributed by atoms with Gasteiger partial charge >= 0.3 is 0 Å². The number of likely N-dealkylation sites (tertiary alicyclic amines) is 1. The fourth-order valence-electron chi connectivity index (χ4n) is 4.79. The Morgan fingerprint density at radius 2 is 2.03 bits per heavy atom. The molecule has 0 radical (unpaired) electrons. The van der Waals surface area contributed by atoms with Gasteiger partial charge in [0, 0.05) is 50.5 Å². The molecule has 2 amide bonds. The van der Waals surface area contributed by atoms with E-state index in [1.54, 1.807) is 13.1 Å². The summed E-state index contributed by atoms with van der Waals surface area (Å²) in [6, 6.07) is 3.99. The molecular formula is C22H31N5O2. The van der Waals surface area contributed by atoms with Crippen LogP contribution in [0, 0.1) is 5.92 Å². The van der Waals surface area contributed by atoms with Crippen LogP contribution in [0.3, 0.4) is 0 Å². The van der Waals surface area contributed by atoms with Crippen molar-refractivity contribution in [2.75, 3.05) is 19.6 Å². The van der Waals surface area contributed by atoms with E-state index in [0.717, 1.165) is 29.7 Å². The molecule has 1 aliphatic heterocycles. The minimum absolute atomic E-state index is 0.120. The number of hydrogen-bond donors (Lipinski definition) is 1. The number of carbonyl (C=O) groups is 2. The average molecular weight is 398 g/mol. The van der Waals surface area contributed by atoms with Crippen molar-refractivity contribution in [1.29, 1.82) is 0 Å². The van der Waals surface area contributed by atoms with Crippen LogP contribution in [-0.4, -0.2) is 51.1 Å². The number of nitrogens with one attached hydrogen (secondary N) is 1. The molecule has 1 saturated carbocycles. The molecule has 156 valence electrons. The Balaban J connectivity index is 1.39. The second-order valence-electron chi connectivity index (χ2n) is 8.49.